The van der Waals surface area contributed by atoms with E-state index >= 15 is 0 Å². The minimum Gasteiger partial charge on any atom is -0.357 e. The van der Waals surface area contributed by atoms with Crippen molar-refractivity contribution < 1.29 is 0 Å². The third-order valence-corrected chi connectivity index (χ3v) is 3.36. The van der Waals surface area contributed by atoms with Crippen LogP contribution in [0.15, 0.2) is 23.7 Å². The fourth-order valence-corrected chi connectivity index (χ4v) is 2.23. The molecule has 2 rings (SSSR count). The summed E-state index contributed by atoms with van der Waals surface area (Å²) in [6.07, 6.45) is 6.54. The SMILES string of the molecule is CCNC(=NCCn1cc(C)cn1)NCCn1cnnc1CC. The second kappa shape index (κ2) is 8.92. The zero-order chi connectivity index (χ0) is 16.5. The van der Waals surface area contributed by atoms with Crippen molar-refractivity contribution >= 4 is 5.96 Å². The number of aliphatic imine (C=N–C) groups is 1. The lowest BCUT2D eigenvalue weighted by molar-refractivity contribution is 0.614. The first-order valence-electron chi connectivity index (χ1n) is 8.10. The van der Waals surface area contributed by atoms with Gasteiger partial charge in [0.2, 0.25) is 0 Å². The van der Waals surface area contributed by atoms with Crippen LogP contribution in [0.3, 0.4) is 0 Å². The maximum Gasteiger partial charge on any atom is 0.191 e. The molecule has 0 amide bonds. The normalized spacial score (nSPS) is 11.7. The molecule has 0 aromatic carbocycles. The Balaban J connectivity index is 1.79. The summed E-state index contributed by atoms with van der Waals surface area (Å²) in [5.74, 6) is 1.82. The number of guanidine groups is 1. The molecule has 8 nitrogen and oxygen atoms in total. The van der Waals surface area contributed by atoms with Crippen molar-refractivity contribution in [1.29, 1.82) is 0 Å². The van der Waals surface area contributed by atoms with Crippen molar-refractivity contribution in [1.82, 2.24) is 35.2 Å². The van der Waals surface area contributed by atoms with Gasteiger partial charge in [0.25, 0.3) is 0 Å². The first-order chi connectivity index (χ1) is 11.2. The average Bonchev–Trinajstić information content (AvgIpc) is 3.16. The fraction of sp³-hybridized carbons (Fsp3) is 0.600. The second-order valence-corrected chi connectivity index (χ2v) is 5.26. The Morgan fingerprint density at radius 3 is 2.83 bits per heavy atom. The van der Waals surface area contributed by atoms with Crippen molar-refractivity contribution in [3.05, 3.63) is 30.1 Å². The molecule has 0 unspecified atom stereocenters. The van der Waals surface area contributed by atoms with E-state index < -0.39 is 0 Å². The number of aryl methyl sites for hydroxylation is 2. The molecule has 0 radical (unpaired) electrons. The van der Waals surface area contributed by atoms with Crippen LogP contribution in [0.4, 0.5) is 0 Å². The molecule has 8 heteroatoms. The van der Waals surface area contributed by atoms with Crippen LogP contribution < -0.4 is 10.6 Å². The average molecular weight is 318 g/mol. The van der Waals surface area contributed by atoms with Gasteiger partial charge in [-0.25, -0.2) is 0 Å². The molecule has 0 spiro atoms. The Morgan fingerprint density at radius 2 is 2.13 bits per heavy atom. The van der Waals surface area contributed by atoms with Gasteiger partial charge < -0.3 is 15.2 Å². The number of nitrogens with one attached hydrogen (secondary N) is 2. The highest BCUT2D eigenvalue weighted by atomic mass is 15.3. The second-order valence-electron chi connectivity index (χ2n) is 5.26. The molecular formula is C15H26N8. The lowest BCUT2D eigenvalue weighted by Gasteiger charge is -2.12. The van der Waals surface area contributed by atoms with Gasteiger partial charge in [-0.05, 0) is 19.4 Å². The van der Waals surface area contributed by atoms with Gasteiger partial charge in [-0.2, -0.15) is 5.10 Å². The van der Waals surface area contributed by atoms with Gasteiger partial charge in [0.05, 0.1) is 19.3 Å². The molecule has 23 heavy (non-hydrogen) atoms. The molecule has 2 heterocycles. The van der Waals surface area contributed by atoms with E-state index in [0.717, 1.165) is 44.4 Å². The molecule has 0 aliphatic carbocycles. The molecule has 0 saturated carbocycles. The van der Waals surface area contributed by atoms with E-state index in [1.807, 2.05) is 24.0 Å². The molecule has 2 aromatic heterocycles. The number of aromatic nitrogens is 5. The van der Waals surface area contributed by atoms with Gasteiger partial charge in [-0.1, -0.05) is 6.92 Å². The van der Waals surface area contributed by atoms with E-state index in [1.165, 1.54) is 5.56 Å². The van der Waals surface area contributed by atoms with Gasteiger partial charge in [-0.3, -0.25) is 9.67 Å². The summed E-state index contributed by atoms with van der Waals surface area (Å²) in [6, 6.07) is 0. The number of hydrogen-bond donors (Lipinski definition) is 2. The third-order valence-electron chi connectivity index (χ3n) is 3.36. The summed E-state index contributed by atoms with van der Waals surface area (Å²) < 4.78 is 3.97. The minimum absolute atomic E-state index is 0.684. The number of rotatable bonds is 8. The highest BCUT2D eigenvalue weighted by Crippen LogP contribution is 1.95. The summed E-state index contributed by atoms with van der Waals surface area (Å²) in [5.41, 5.74) is 1.17. The molecule has 0 atom stereocenters. The maximum atomic E-state index is 4.57. The van der Waals surface area contributed by atoms with E-state index in [9.17, 15) is 0 Å². The van der Waals surface area contributed by atoms with E-state index in [2.05, 4.69) is 49.3 Å². The van der Waals surface area contributed by atoms with Crippen LogP contribution in [-0.4, -0.2) is 50.1 Å². The summed E-state index contributed by atoms with van der Waals surface area (Å²) in [5, 5.41) is 18.9. The van der Waals surface area contributed by atoms with Crippen LogP contribution in [0.2, 0.25) is 0 Å². The van der Waals surface area contributed by atoms with Crippen molar-refractivity contribution in [3.63, 3.8) is 0 Å². The van der Waals surface area contributed by atoms with E-state index in [0.29, 0.717) is 6.54 Å². The summed E-state index contributed by atoms with van der Waals surface area (Å²) in [6.45, 7) is 10.1. The molecule has 0 bridgehead atoms. The van der Waals surface area contributed by atoms with Gasteiger partial charge >= 0.3 is 0 Å². The zero-order valence-electron chi connectivity index (χ0n) is 14.2. The van der Waals surface area contributed by atoms with Gasteiger partial charge in [0, 0.05) is 32.3 Å². The number of hydrogen-bond acceptors (Lipinski definition) is 4. The molecular weight excluding hydrogens is 292 g/mol. The summed E-state index contributed by atoms with van der Waals surface area (Å²) >= 11 is 0. The molecule has 0 fully saturated rings. The minimum atomic E-state index is 0.684. The van der Waals surface area contributed by atoms with Crippen LogP contribution in [0, 0.1) is 6.92 Å². The van der Waals surface area contributed by atoms with E-state index in [4.69, 9.17) is 0 Å². The Hall–Kier alpha value is -2.38. The topological polar surface area (TPSA) is 85.0 Å². The zero-order valence-corrected chi connectivity index (χ0v) is 14.2. The van der Waals surface area contributed by atoms with Gasteiger partial charge in [0.1, 0.15) is 12.2 Å². The van der Waals surface area contributed by atoms with Crippen LogP contribution in [0.5, 0.6) is 0 Å². The first kappa shape index (κ1) is 17.0. The molecule has 0 saturated heterocycles. The smallest absolute Gasteiger partial charge is 0.191 e. The predicted octanol–water partition coefficient (Wildman–Crippen LogP) is 0.601. The van der Waals surface area contributed by atoms with Gasteiger partial charge in [0.15, 0.2) is 5.96 Å². The van der Waals surface area contributed by atoms with Crippen molar-refractivity contribution in [2.24, 2.45) is 4.99 Å². The third kappa shape index (κ3) is 5.39. The van der Waals surface area contributed by atoms with Crippen molar-refractivity contribution in [3.8, 4) is 0 Å². The predicted molar refractivity (Wildman–Crippen MR) is 90.3 cm³/mol. The highest BCUT2D eigenvalue weighted by Gasteiger charge is 2.02. The highest BCUT2D eigenvalue weighted by molar-refractivity contribution is 5.79. The number of nitrogens with zero attached hydrogens (tertiary/aromatic N) is 6. The largest absolute Gasteiger partial charge is 0.357 e. The molecule has 2 N–H and O–H groups in total. The monoisotopic (exact) mass is 318 g/mol. The summed E-state index contributed by atoms with van der Waals surface area (Å²) in [4.78, 5) is 4.57. The van der Waals surface area contributed by atoms with Crippen molar-refractivity contribution in [2.45, 2.75) is 40.3 Å². The maximum absolute atomic E-state index is 4.57. The van der Waals surface area contributed by atoms with Crippen LogP contribution in [0.25, 0.3) is 0 Å². The van der Waals surface area contributed by atoms with Gasteiger partial charge in [-0.15, -0.1) is 10.2 Å². The molecule has 0 aliphatic heterocycles. The fourth-order valence-electron chi connectivity index (χ4n) is 2.23. The Labute approximate surface area is 137 Å². The summed E-state index contributed by atoms with van der Waals surface area (Å²) in [7, 11) is 0. The molecule has 0 aliphatic rings. The first-order valence-corrected chi connectivity index (χ1v) is 8.10. The van der Waals surface area contributed by atoms with E-state index in [1.54, 1.807) is 6.33 Å². The van der Waals surface area contributed by atoms with Crippen LogP contribution in [-0.2, 0) is 19.5 Å². The Kier molecular flexibility index (Phi) is 6.58. The molecule has 126 valence electrons. The Morgan fingerprint density at radius 1 is 1.26 bits per heavy atom. The lowest BCUT2D eigenvalue weighted by atomic mass is 10.4. The van der Waals surface area contributed by atoms with Crippen LogP contribution in [0.1, 0.15) is 25.2 Å². The van der Waals surface area contributed by atoms with E-state index in [-0.39, 0.29) is 0 Å². The van der Waals surface area contributed by atoms with Crippen molar-refractivity contribution in [2.75, 3.05) is 19.6 Å². The quantitative estimate of drug-likeness (QED) is 0.550. The van der Waals surface area contributed by atoms with Crippen LogP contribution >= 0.6 is 0 Å². The Bertz CT molecular complexity index is 613. The standard InChI is InChI=1S/C15H26N8/c1-4-14-21-19-12-22(14)8-6-17-15(16-5-2)18-7-9-23-11-13(3)10-20-23/h10-12H,4-9H2,1-3H3,(H2,16,17,18). The molecule has 2 aromatic rings. The lowest BCUT2D eigenvalue weighted by Crippen LogP contribution is -2.39.